The highest BCUT2D eigenvalue weighted by Crippen LogP contribution is 2.23. The van der Waals surface area contributed by atoms with Crippen molar-refractivity contribution in [2.75, 3.05) is 11.1 Å². The zero-order valence-corrected chi connectivity index (χ0v) is 10.6. The van der Waals surface area contributed by atoms with Crippen LogP contribution in [-0.4, -0.2) is 22.1 Å². The number of aromatic hydroxyl groups is 1. The lowest BCUT2D eigenvalue weighted by atomic mass is 10.1. The van der Waals surface area contributed by atoms with Gasteiger partial charge in [-0.25, -0.2) is 9.18 Å². The van der Waals surface area contributed by atoms with Gasteiger partial charge in [-0.15, -0.1) is 0 Å². The van der Waals surface area contributed by atoms with Crippen LogP contribution >= 0.6 is 0 Å². The van der Waals surface area contributed by atoms with Gasteiger partial charge in [0, 0.05) is 11.8 Å². The van der Waals surface area contributed by atoms with Gasteiger partial charge < -0.3 is 21.3 Å². The van der Waals surface area contributed by atoms with Crippen LogP contribution in [0.3, 0.4) is 0 Å². The Hall–Kier alpha value is -3.09. The Balaban J connectivity index is 2.35. The summed E-state index contributed by atoms with van der Waals surface area (Å²) in [6, 6.07) is 6.79. The molecule has 5 N–H and O–H groups in total. The molecule has 2 rings (SSSR count). The number of anilines is 2. The van der Waals surface area contributed by atoms with E-state index in [4.69, 9.17) is 10.8 Å². The van der Waals surface area contributed by atoms with Crippen LogP contribution in [0, 0.1) is 5.82 Å². The number of hydrogen-bond acceptors (Lipinski definition) is 4. The molecule has 7 heteroatoms. The maximum atomic E-state index is 12.9. The Labute approximate surface area is 118 Å². The minimum absolute atomic E-state index is 0.0174. The topological polar surface area (TPSA) is 113 Å². The summed E-state index contributed by atoms with van der Waals surface area (Å²) >= 11 is 0. The predicted octanol–water partition coefficient (Wildman–Crippen LogP) is 2.06. The van der Waals surface area contributed by atoms with Gasteiger partial charge in [0.25, 0.3) is 5.91 Å². The second-order valence-corrected chi connectivity index (χ2v) is 4.23. The molecule has 108 valence electrons. The number of phenolic OH excluding ortho intramolecular Hbond substituents is 1. The van der Waals surface area contributed by atoms with Gasteiger partial charge in [-0.05, 0) is 30.3 Å². The van der Waals surface area contributed by atoms with Gasteiger partial charge in [-0.2, -0.15) is 0 Å². The number of nitrogen functional groups attached to an aromatic ring is 1. The summed E-state index contributed by atoms with van der Waals surface area (Å²) in [6.45, 7) is 0. The van der Waals surface area contributed by atoms with Crippen LogP contribution in [0.2, 0.25) is 0 Å². The van der Waals surface area contributed by atoms with Crippen LogP contribution in [0.25, 0.3) is 0 Å². The molecule has 0 fully saturated rings. The van der Waals surface area contributed by atoms with Crippen LogP contribution in [0.5, 0.6) is 5.75 Å². The molecular formula is C14H11FN2O4. The third-order valence-electron chi connectivity index (χ3n) is 2.73. The van der Waals surface area contributed by atoms with Gasteiger partial charge in [-0.3, -0.25) is 4.79 Å². The van der Waals surface area contributed by atoms with E-state index in [0.717, 1.165) is 18.2 Å². The third-order valence-corrected chi connectivity index (χ3v) is 2.73. The summed E-state index contributed by atoms with van der Waals surface area (Å²) in [6.07, 6.45) is 0. The Kier molecular flexibility index (Phi) is 3.75. The Bertz CT molecular complexity index is 731. The van der Waals surface area contributed by atoms with E-state index in [-0.39, 0.29) is 22.5 Å². The lowest BCUT2D eigenvalue weighted by molar-refractivity contribution is 0.0698. The third kappa shape index (κ3) is 3.08. The number of carbonyl (C=O) groups is 2. The van der Waals surface area contributed by atoms with Crippen molar-refractivity contribution in [2.45, 2.75) is 0 Å². The summed E-state index contributed by atoms with van der Waals surface area (Å²) < 4.78 is 12.9. The lowest BCUT2D eigenvalue weighted by Crippen LogP contribution is -2.15. The molecule has 0 aliphatic heterocycles. The second-order valence-electron chi connectivity index (χ2n) is 4.23. The fraction of sp³-hybridized carbons (Fsp3) is 0. The van der Waals surface area contributed by atoms with Gasteiger partial charge in [0.05, 0.1) is 16.8 Å². The van der Waals surface area contributed by atoms with Crippen LogP contribution < -0.4 is 11.1 Å². The van der Waals surface area contributed by atoms with E-state index in [2.05, 4.69) is 5.32 Å². The monoisotopic (exact) mass is 290 g/mol. The number of aromatic carboxylic acids is 1. The number of halogens is 1. The molecule has 2 aromatic rings. The number of benzene rings is 2. The minimum Gasteiger partial charge on any atom is -0.507 e. The van der Waals surface area contributed by atoms with Crippen LogP contribution in [-0.2, 0) is 0 Å². The molecule has 0 saturated carbocycles. The number of nitrogens with two attached hydrogens (primary N) is 1. The highest BCUT2D eigenvalue weighted by Gasteiger charge is 2.16. The fourth-order valence-electron chi connectivity index (χ4n) is 1.74. The fourth-order valence-corrected chi connectivity index (χ4v) is 1.74. The quantitative estimate of drug-likeness (QED) is 0.646. The molecular weight excluding hydrogens is 279 g/mol. The van der Waals surface area contributed by atoms with Crippen molar-refractivity contribution in [3.63, 3.8) is 0 Å². The smallest absolute Gasteiger partial charge is 0.337 e. The van der Waals surface area contributed by atoms with Crippen molar-refractivity contribution >= 4 is 23.3 Å². The molecule has 0 radical (unpaired) electrons. The van der Waals surface area contributed by atoms with E-state index in [0.29, 0.717) is 0 Å². The average Bonchev–Trinajstić information content (AvgIpc) is 2.37. The number of nitrogens with one attached hydrogen (secondary N) is 1. The van der Waals surface area contributed by atoms with Gasteiger partial charge in [0.2, 0.25) is 0 Å². The molecule has 1 amide bonds. The Morgan fingerprint density at radius 2 is 1.76 bits per heavy atom. The molecule has 2 aromatic carbocycles. The summed E-state index contributed by atoms with van der Waals surface area (Å²) in [4.78, 5) is 23.1. The highest BCUT2D eigenvalue weighted by molar-refractivity contribution is 6.09. The first-order valence-corrected chi connectivity index (χ1v) is 5.81. The van der Waals surface area contributed by atoms with Crippen LogP contribution in [0.1, 0.15) is 20.7 Å². The standard InChI is InChI=1S/C14H11FN2O4/c15-7-1-3-10(12(18)5-7)13(19)17-11-6-8(16)2-4-9(11)14(20)21/h1-6,18H,16H2,(H,17,19)(H,20,21). The number of amides is 1. The summed E-state index contributed by atoms with van der Waals surface area (Å²) in [5, 5.41) is 20.9. The molecule has 0 saturated heterocycles. The summed E-state index contributed by atoms with van der Waals surface area (Å²) in [5.74, 6) is -3.26. The maximum absolute atomic E-state index is 12.9. The van der Waals surface area contributed by atoms with E-state index in [9.17, 15) is 19.1 Å². The van der Waals surface area contributed by atoms with E-state index < -0.39 is 23.4 Å². The molecule has 0 aliphatic rings. The maximum Gasteiger partial charge on any atom is 0.337 e. The van der Waals surface area contributed by atoms with Crippen molar-refractivity contribution in [1.82, 2.24) is 0 Å². The van der Waals surface area contributed by atoms with E-state index in [1.165, 1.54) is 18.2 Å². The second kappa shape index (κ2) is 5.49. The first-order valence-electron chi connectivity index (χ1n) is 5.81. The summed E-state index contributed by atoms with van der Waals surface area (Å²) in [7, 11) is 0. The molecule has 0 bridgehead atoms. The van der Waals surface area contributed by atoms with Gasteiger partial charge in [0.15, 0.2) is 0 Å². The largest absolute Gasteiger partial charge is 0.507 e. The van der Waals surface area contributed by atoms with Crippen molar-refractivity contribution in [3.8, 4) is 5.75 Å². The minimum atomic E-state index is -1.24. The Morgan fingerprint density at radius 1 is 1.10 bits per heavy atom. The predicted molar refractivity (Wildman–Crippen MR) is 73.8 cm³/mol. The first kappa shape index (κ1) is 14.3. The van der Waals surface area contributed by atoms with Gasteiger partial charge >= 0.3 is 5.97 Å². The van der Waals surface area contributed by atoms with Gasteiger partial charge in [-0.1, -0.05) is 0 Å². The van der Waals surface area contributed by atoms with Crippen LogP contribution in [0.15, 0.2) is 36.4 Å². The molecule has 0 aliphatic carbocycles. The number of carbonyl (C=O) groups excluding carboxylic acids is 1. The van der Waals surface area contributed by atoms with E-state index >= 15 is 0 Å². The number of phenols is 1. The molecule has 0 atom stereocenters. The van der Waals surface area contributed by atoms with Crippen molar-refractivity contribution in [3.05, 3.63) is 53.3 Å². The zero-order chi connectivity index (χ0) is 15.6. The number of hydrogen-bond donors (Lipinski definition) is 4. The molecule has 0 aromatic heterocycles. The summed E-state index contributed by atoms with van der Waals surface area (Å²) in [5.41, 5.74) is 5.46. The SMILES string of the molecule is Nc1ccc(C(=O)O)c(NC(=O)c2ccc(F)cc2O)c1. The number of carboxylic acids is 1. The van der Waals surface area contributed by atoms with Crippen molar-refractivity contribution < 1.29 is 24.2 Å². The van der Waals surface area contributed by atoms with E-state index in [1.54, 1.807) is 0 Å². The molecule has 0 unspecified atom stereocenters. The lowest BCUT2D eigenvalue weighted by Gasteiger charge is -2.10. The molecule has 21 heavy (non-hydrogen) atoms. The molecule has 6 nitrogen and oxygen atoms in total. The average molecular weight is 290 g/mol. The number of carboxylic acid groups (broad SMARTS) is 1. The normalized spacial score (nSPS) is 10.1. The zero-order valence-electron chi connectivity index (χ0n) is 10.6. The first-order chi connectivity index (χ1) is 9.88. The van der Waals surface area contributed by atoms with Crippen molar-refractivity contribution in [1.29, 1.82) is 0 Å². The van der Waals surface area contributed by atoms with E-state index in [1.807, 2.05) is 0 Å². The van der Waals surface area contributed by atoms with Crippen LogP contribution in [0.4, 0.5) is 15.8 Å². The van der Waals surface area contributed by atoms with Gasteiger partial charge in [0.1, 0.15) is 11.6 Å². The molecule has 0 spiro atoms. The number of rotatable bonds is 3. The molecule has 0 heterocycles. The van der Waals surface area contributed by atoms with Crippen molar-refractivity contribution in [2.24, 2.45) is 0 Å². The Morgan fingerprint density at radius 3 is 2.38 bits per heavy atom. The highest BCUT2D eigenvalue weighted by atomic mass is 19.1.